The van der Waals surface area contributed by atoms with E-state index in [9.17, 15) is 9.90 Å². The maximum atomic E-state index is 12.6. The minimum absolute atomic E-state index is 0.166. The Labute approximate surface area is 184 Å². The summed E-state index contributed by atoms with van der Waals surface area (Å²) >= 11 is 12.5. The van der Waals surface area contributed by atoms with Crippen molar-refractivity contribution in [3.05, 3.63) is 140 Å². The summed E-state index contributed by atoms with van der Waals surface area (Å²) in [5.74, 6) is 0. The van der Waals surface area contributed by atoms with Gasteiger partial charge in [0.15, 0.2) is 5.43 Å². The van der Waals surface area contributed by atoms with Gasteiger partial charge in [-0.2, -0.15) is 0 Å². The predicted octanol–water partition coefficient (Wildman–Crippen LogP) is 5.87. The third-order valence-corrected chi connectivity index (χ3v) is 5.73. The number of benzene rings is 3. The van der Waals surface area contributed by atoms with Crippen LogP contribution >= 0.6 is 23.2 Å². The third-order valence-electron chi connectivity index (χ3n) is 5.07. The van der Waals surface area contributed by atoms with E-state index in [1.807, 2.05) is 65.2 Å². The standard InChI is InChI=1S/C25H19Cl2NO2/c26-20-12-7-13-21(27)23(20)25(30)19-16-28(15-14-22(19)29)24(17-8-3-1-4-9-17)18-10-5-2-6-11-18/h1-16,24-25,30H. The van der Waals surface area contributed by atoms with Gasteiger partial charge in [-0.1, -0.05) is 89.9 Å². The second kappa shape index (κ2) is 8.88. The third kappa shape index (κ3) is 4.05. The molecule has 150 valence electrons. The molecule has 0 saturated heterocycles. The summed E-state index contributed by atoms with van der Waals surface area (Å²) in [6.07, 6.45) is 2.17. The van der Waals surface area contributed by atoms with Gasteiger partial charge in [0.25, 0.3) is 0 Å². The largest absolute Gasteiger partial charge is 0.383 e. The molecule has 0 radical (unpaired) electrons. The van der Waals surface area contributed by atoms with Crippen LogP contribution in [0.3, 0.4) is 0 Å². The van der Waals surface area contributed by atoms with E-state index in [1.165, 1.54) is 6.07 Å². The Balaban J connectivity index is 1.86. The molecule has 1 heterocycles. The highest BCUT2D eigenvalue weighted by molar-refractivity contribution is 6.36. The van der Waals surface area contributed by atoms with Gasteiger partial charge >= 0.3 is 0 Å². The van der Waals surface area contributed by atoms with Crippen LogP contribution in [0, 0.1) is 0 Å². The van der Waals surface area contributed by atoms with E-state index < -0.39 is 6.10 Å². The highest BCUT2D eigenvalue weighted by Crippen LogP contribution is 2.34. The molecule has 1 atom stereocenters. The van der Waals surface area contributed by atoms with Crippen molar-refractivity contribution in [2.75, 3.05) is 0 Å². The summed E-state index contributed by atoms with van der Waals surface area (Å²) in [5.41, 5.74) is 2.37. The normalized spacial score (nSPS) is 12.1. The maximum absolute atomic E-state index is 12.6. The molecule has 0 bridgehead atoms. The van der Waals surface area contributed by atoms with Gasteiger partial charge < -0.3 is 9.67 Å². The molecule has 3 nitrogen and oxygen atoms in total. The molecule has 1 N–H and O–H groups in total. The van der Waals surface area contributed by atoms with E-state index in [0.717, 1.165) is 11.1 Å². The summed E-state index contributed by atoms with van der Waals surface area (Å²) in [5, 5.41) is 11.6. The molecule has 4 aromatic rings. The smallest absolute Gasteiger partial charge is 0.187 e. The number of halogens is 2. The number of hydrogen-bond donors (Lipinski definition) is 1. The van der Waals surface area contributed by atoms with Gasteiger partial charge in [-0.15, -0.1) is 0 Å². The maximum Gasteiger partial charge on any atom is 0.187 e. The van der Waals surface area contributed by atoms with Crippen LogP contribution in [-0.4, -0.2) is 9.67 Å². The Hall–Kier alpha value is -2.85. The highest BCUT2D eigenvalue weighted by atomic mass is 35.5. The van der Waals surface area contributed by atoms with E-state index in [-0.39, 0.29) is 17.0 Å². The average molecular weight is 436 g/mol. The number of aliphatic hydroxyl groups is 1. The fourth-order valence-electron chi connectivity index (χ4n) is 3.62. The monoisotopic (exact) mass is 435 g/mol. The molecule has 1 aromatic heterocycles. The number of rotatable bonds is 5. The zero-order chi connectivity index (χ0) is 21.1. The summed E-state index contributed by atoms with van der Waals surface area (Å²) < 4.78 is 1.93. The Morgan fingerprint density at radius 1 is 0.733 bits per heavy atom. The predicted molar refractivity (Wildman–Crippen MR) is 121 cm³/mol. The van der Waals surface area contributed by atoms with Gasteiger partial charge in [-0.05, 0) is 23.3 Å². The minimum Gasteiger partial charge on any atom is -0.383 e. The Bertz CT molecular complexity index is 1150. The summed E-state index contributed by atoms with van der Waals surface area (Å²) in [7, 11) is 0. The second-order valence-corrected chi connectivity index (χ2v) is 7.79. The SMILES string of the molecule is O=c1ccn(C(c2ccccc2)c2ccccc2)cc1C(O)c1c(Cl)cccc1Cl. The van der Waals surface area contributed by atoms with Crippen LogP contribution in [0.1, 0.15) is 34.4 Å². The summed E-state index contributed by atoms with van der Waals surface area (Å²) in [6.45, 7) is 0. The molecule has 1 unspecified atom stereocenters. The average Bonchev–Trinajstić information content (AvgIpc) is 2.76. The van der Waals surface area contributed by atoms with Crippen LogP contribution in [0.4, 0.5) is 0 Å². The molecule has 30 heavy (non-hydrogen) atoms. The van der Waals surface area contributed by atoms with Crippen LogP contribution in [-0.2, 0) is 0 Å². The minimum atomic E-state index is -1.24. The molecule has 5 heteroatoms. The first kappa shape index (κ1) is 20.4. The van der Waals surface area contributed by atoms with Crippen LogP contribution in [0.15, 0.2) is 102 Å². The van der Waals surface area contributed by atoms with Crippen LogP contribution < -0.4 is 5.43 Å². The van der Waals surface area contributed by atoms with Crippen molar-refractivity contribution in [1.29, 1.82) is 0 Å². The van der Waals surface area contributed by atoms with Gasteiger partial charge in [-0.25, -0.2) is 0 Å². The Morgan fingerprint density at radius 2 is 1.27 bits per heavy atom. The number of nitrogens with zero attached hydrogens (tertiary/aromatic N) is 1. The molecule has 3 aromatic carbocycles. The van der Waals surface area contributed by atoms with Crippen molar-refractivity contribution >= 4 is 23.2 Å². The van der Waals surface area contributed by atoms with Crippen LogP contribution in [0.2, 0.25) is 10.0 Å². The number of aliphatic hydroxyl groups excluding tert-OH is 1. The lowest BCUT2D eigenvalue weighted by Crippen LogP contribution is -2.20. The fourth-order valence-corrected chi connectivity index (χ4v) is 4.22. The zero-order valence-electron chi connectivity index (χ0n) is 16.0. The van der Waals surface area contributed by atoms with Gasteiger partial charge in [-0.3, -0.25) is 4.79 Å². The van der Waals surface area contributed by atoms with Crippen molar-refractivity contribution in [2.24, 2.45) is 0 Å². The van der Waals surface area contributed by atoms with Crippen LogP contribution in [0.25, 0.3) is 0 Å². The lowest BCUT2D eigenvalue weighted by Gasteiger charge is -2.23. The molecule has 0 fully saturated rings. The zero-order valence-corrected chi connectivity index (χ0v) is 17.5. The molecule has 0 amide bonds. The first-order chi connectivity index (χ1) is 14.6. The second-order valence-electron chi connectivity index (χ2n) is 6.97. The van der Waals surface area contributed by atoms with Gasteiger partial charge in [0, 0.05) is 39.6 Å². The van der Waals surface area contributed by atoms with Crippen molar-refractivity contribution in [1.82, 2.24) is 4.57 Å². The fraction of sp³-hybridized carbons (Fsp3) is 0.0800. The van der Waals surface area contributed by atoms with Gasteiger partial charge in [0.2, 0.25) is 0 Å². The molecular formula is C25H19Cl2NO2. The molecule has 0 saturated carbocycles. The number of pyridine rings is 1. The topological polar surface area (TPSA) is 42.2 Å². The van der Waals surface area contributed by atoms with E-state index in [2.05, 4.69) is 0 Å². The number of hydrogen-bond acceptors (Lipinski definition) is 2. The first-order valence-electron chi connectivity index (χ1n) is 9.50. The van der Waals surface area contributed by atoms with E-state index in [0.29, 0.717) is 15.6 Å². The quantitative estimate of drug-likeness (QED) is 0.425. The Kier molecular flexibility index (Phi) is 6.05. The molecular weight excluding hydrogens is 417 g/mol. The summed E-state index contributed by atoms with van der Waals surface area (Å²) in [4.78, 5) is 12.6. The van der Waals surface area contributed by atoms with E-state index in [1.54, 1.807) is 30.6 Å². The lowest BCUT2D eigenvalue weighted by atomic mass is 9.97. The van der Waals surface area contributed by atoms with Crippen LogP contribution in [0.5, 0.6) is 0 Å². The number of aromatic nitrogens is 1. The molecule has 0 aliphatic rings. The lowest BCUT2D eigenvalue weighted by molar-refractivity contribution is 0.218. The van der Waals surface area contributed by atoms with E-state index in [4.69, 9.17) is 23.2 Å². The van der Waals surface area contributed by atoms with Crippen molar-refractivity contribution in [3.8, 4) is 0 Å². The van der Waals surface area contributed by atoms with E-state index >= 15 is 0 Å². The highest BCUT2D eigenvalue weighted by Gasteiger charge is 2.22. The molecule has 0 aliphatic carbocycles. The molecule has 0 spiro atoms. The van der Waals surface area contributed by atoms with Crippen molar-refractivity contribution < 1.29 is 5.11 Å². The van der Waals surface area contributed by atoms with Gasteiger partial charge in [0.1, 0.15) is 6.10 Å². The molecule has 4 rings (SSSR count). The Morgan fingerprint density at radius 3 is 1.80 bits per heavy atom. The van der Waals surface area contributed by atoms with Crippen molar-refractivity contribution in [3.63, 3.8) is 0 Å². The molecule has 0 aliphatic heterocycles. The van der Waals surface area contributed by atoms with Gasteiger partial charge in [0.05, 0.1) is 6.04 Å². The summed E-state index contributed by atoms with van der Waals surface area (Å²) in [6, 6.07) is 26.3. The first-order valence-corrected chi connectivity index (χ1v) is 10.3. The van der Waals surface area contributed by atoms with Crippen molar-refractivity contribution in [2.45, 2.75) is 12.1 Å².